The van der Waals surface area contributed by atoms with E-state index in [2.05, 4.69) is 15.1 Å². The summed E-state index contributed by atoms with van der Waals surface area (Å²) in [7, 11) is 0. The summed E-state index contributed by atoms with van der Waals surface area (Å²) in [5, 5.41) is 15.6. The van der Waals surface area contributed by atoms with E-state index in [0.717, 1.165) is 15.8 Å². The monoisotopic (exact) mass is 378 g/mol. The van der Waals surface area contributed by atoms with Gasteiger partial charge in [-0.25, -0.2) is 4.98 Å². The molecule has 7 heteroatoms. The predicted molar refractivity (Wildman–Crippen MR) is 109 cm³/mol. The third-order valence-corrected chi connectivity index (χ3v) is 5.36. The van der Waals surface area contributed by atoms with Gasteiger partial charge in [-0.3, -0.25) is 9.79 Å². The maximum atomic E-state index is 13.2. The highest BCUT2D eigenvalue weighted by Crippen LogP contribution is 2.33. The van der Waals surface area contributed by atoms with Gasteiger partial charge in [0.05, 0.1) is 29.1 Å². The van der Waals surface area contributed by atoms with Gasteiger partial charge in [-0.05, 0) is 24.6 Å². The Kier molecular flexibility index (Phi) is 4.79. The van der Waals surface area contributed by atoms with Crippen molar-refractivity contribution in [3.63, 3.8) is 0 Å². The quantitative estimate of drug-likeness (QED) is 0.693. The van der Waals surface area contributed by atoms with Crippen LogP contribution < -0.4 is 5.01 Å². The molecule has 1 aliphatic rings. The van der Waals surface area contributed by atoms with Crippen LogP contribution in [0.1, 0.15) is 12.5 Å². The summed E-state index contributed by atoms with van der Waals surface area (Å²) in [4.78, 5) is 22.1. The number of hydrazone groups is 1. The number of anilines is 1. The Labute approximate surface area is 160 Å². The number of thiazole rings is 1. The van der Waals surface area contributed by atoms with Gasteiger partial charge >= 0.3 is 0 Å². The van der Waals surface area contributed by atoms with Crippen molar-refractivity contribution in [3.05, 3.63) is 60.2 Å². The van der Waals surface area contributed by atoms with Crippen LogP contribution in [0.5, 0.6) is 0 Å². The highest BCUT2D eigenvalue weighted by molar-refractivity contribution is 7.22. The molecule has 0 aliphatic carbocycles. The van der Waals surface area contributed by atoms with E-state index in [1.165, 1.54) is 16.3 Å². The molecule has 2 aromatic carbocycles. The maximum Gasteiger partial charge on any atom is 0.264 e. The number of aromatic nitrogens is 1. The summed E-state index contributed by atoms with van der Waals surface area (Å²) in [6.07, 6.45) is 0. The van der Waals surface area contributed by atoms with Gasteiger partial charge in [-0.15, -0.1) is 0 Å². The highest BCUT2D eigenvalue weighted by Gasteiger charge is 2.40. The number of aliphatic hydroxyl groups is 1. The minimum absolute atomic E-state index is 0.0579. The van der Waals surface area contributed by atoms with Crippen molar-refractivity contribution in [1.29, 1.82) is 0 Å². The zero-order valence-corrected chi connectivity index (χ0v) is 15.6. The van der Waals surface area contributed by atoms with Crippen molar-refractivity contribution in [2.24, 2.45) is 16.0 Å². The second kappa shape index (κ2) is 7.38. The van der Waals surface area contributed by atoms with Crippen LogP contribution in [0.2, 0.25) is 0 Å². The van der Waals surface area contributed by atoms with Crippen LogP contribution in [0.4, 0.5) is 5.13 Å². The lowest BCUT2D eigenvalue weighted by Crippen LogP contribution is -2.32. The normalized spacial score (nSPS) is 17.6. The highest BCUT2D eigenvalue weighted by atomic mass is 32.1. The van der Waals surface area contributed by atoms with Gasteiger partial charge in [-0.2, -0.15) is 10.1 Å². The van der Waals surface area contributed by atoms with E-state index in [4.69, 9.17) is 5.11 Å². The number of amides is 1. The Morgan fingerprint density at radius 1 is 1.19 bits per heavy atom. The number of rotatable bonds is 5. The Bertz CT molecular complexity index is 1010. The fourth-order valence-corrected chi connectivity index (χ4v) is 3.99. The summed E-state index contributed by atoms with van der Waals surface area (Å²) in [5.74, 6) is -0.752. The first-order valence-corrected chi connectivity index (χ1v) is 9.46. The van der Waals surface area contributed by atoms with Gasteiger partial charge in [0.2, 0.25) is 5.13 Å². The summed E-state index contributed by atoms with van der Waals surface area (Å²) < 4.78 is 1.01. The number of aliphatic hydroxyl groups excluding tert-OH is 1. The minimum atomic E-state index is -0.578. The van der Waals surface area contributed by atoms with Crippen molar-refractivity contribution in [2.75, 3.05) is 18.2 Å². The maximum absolute atomic E-state index is 13.2. The van der Waals surface area contributed by atoms with E-state index in [9.17, 15) is 4.79 Å². The molecule has 0 bridgehead atoms. The molecule has 0 radical (unpaired) electrons. The van der Waals surface area contributed by atoms with E-state index in [0.29, 0.717) is 16.6 Å². The van der Waals surface area contributed by atoms with Crippen LogP contribution in [0.25, 0.3) is 10.2 Å². The SMILES string of the molecule is CC(=NCCO)C1C(=O)N(c2nc3ccccc3s2)N=C1c1ccccc1. The number of nitrogens with zero attached hydrogens (tertiary/aromatic N) is 4. The van der Waals surface area contributed by atoms with Crippen molar-refractivity contribution < 1.29 is 9.90 Å². The summed E-state index contributed by atoms with van der Waals surface area (Å²) >= 11 is 1.43. The lowest BCUT2D eigenvalue weighted by Gasteiger charge is -2.12. The summed E-state index contributed by atoms with van der Waals surface area (Å²) in [6.45, 7) is 2.01. The first-order valence-electron chi connectivity index (χ1n) is 8.64. The Morgan fingerprint density at radius 3 is 2.67 bits per heavy atom. The van der Waals surface area contributed by atoms with Crippen LogP contribution >= 0.6 is 11.3 Å². The molecule has 27 heavy (non-hydrogen) atoms. The van der Waals surface area contributed by atoms with Crippen LogP contribution in [0.3, 0.4) is 0 Å². The largest absolute Gasteiger partial charge is 0.394 e. The number of para-hydroxylation sites is 1. The van der Waals surface area contributed by atoms with E-state index >= 15 is 0 Å². The van der Waals surface area contributed by atoms with Crippen molar-refractivity contribution in [1.82, 2.24) is 4.98 Å². The molecule has 4 rings (SSSR count). The molecule has 2 heterocycles. The average Bonchev–Trinajstić information content (AvgIpc) is 3.27. The minimum Gasteiger partial charge on any atom is -0.394 e. The molecule has 1 N–H and O–H groups in total. The van der Waals surface area contributed by atoms with E-state index in [-0.39, 0.29) is 19.1 Å². The summed E-state index contributed by atoms with van der Waals surface area (Å²) in [6, 6.07) is 17.4. The third kappa shape index (κ3) is 3.27. The molecular weight excluding hydrogens is 360 g/mol. The lowest BCUT2D eigenvalue weighted by molar-refractivity contribution is -0.118. The lowest BCUT2D eigenvalue weighted by atomic mass is 9.93. The van der Waals surface area contributed by atoms with Gasteiger partial charge in [0.25, 0.3) is 5.91 Å². The topological polar surface area (TPSA) is 78.2 Å². The fraction of sp³-hybridized carbons (Fsp3) is 0.200. The first-order chi connectivity index (χ1) is 13.2. The molecule has 1 aliphatic heterocycles. The zero-order valence-electron chi connectivity index (χ0n) is 14.7. The van der Waals surface area contributed by atoms with Crippen molar-refractivity contribution in [3.8, 4) is 0 Å². The number of hydrogen-bond acceptors (Lipinski definition) is 6. The van der Waals surface area contributed by atoms with Crippen molar-refractivity contribution >= 4 is 44.0 Å². The van der Waals surface area contributed by atoms with Crippen LogP contribution in [0.15, 0.2) is 64.7 Å². The standard InChI is InChI=1S/C20H18N4O2S/c1-13(21-11-12-25)17-18(14-7-3-2-4-8-14)23-24(19(17)26)20-22-15-9-5-6-10-16(15)27-20/h2-10,17,25H,11-12H2,1H3. The van der Waals surface area contributed by atoms with Gasteiger partial charge in [0.15, 0.2) is 0 Å². The number of carbonyl (C=O) groups excluding carboxylic acids is 1. The molecule has 1 aromatic heterocycles. The van der Waals surface area contributed by atoms with Gasteiger partial charge in [0, 0.05) is 5.71 Å². The number of carbonyl (C=O) groups is 1. The Balaban J connectivity index is 1.79. The second-order valence-electron chi connectivity index (χ2n) is 6.15. The zero-order chi connectivity index (χ0) is 18.8. The smallest absolute Gasteiger partial charge is 0.264 e. The molecule has 136 valence electrons. The predicted octanol–water partition coefficient (Wildman–Crippen LogP) is 3.12. The fourth-order valence-electron chi connectivity index (χ4n) is 3.07. The molecule has 3 aromatic rings. The molecule has 6 nitrogen and oxygen atoms in total. The van der Waals surface area contributed by atoms with Gasteiger partial charge < -0.3 is 5.11 Å². The number of aliphatic imine (C=N–C) groups is 1. The number of hydrogen-bond donors (Lipinski definition) is 1. The number of benzene rings is 2. The second-order valence-corrected chi connectivity index (χ2v) is 7.15. The third-order valence-electron chi connectivity index (χ3n) is 4.35. The van der Waals surface area contributed by atoms with Gasteiger partial charge in [-0.1, -0.05) is 53.8 Å². The average molecular weight is 378 g/mol. The molecule has 0 fully saturated rings. The molecule has 1 amide bonds. The Morgan fingerprint density at radius 2 is 1.93 bits per heavy atom. The van der Waals surface area contributed by atoms with Gasteiger partial charge in [0.1, 0.15) is 5.92 Å². The van der Waals surface area contributed by atoms with E-state index < -0.39 is 5.92 Å². The number of fused-ring (bicyclic) bond motifs is 1. The molecule has 1 atom stereocenters. The van der Waals surface area contributed by atoms with E-state index in [1.807, 2.05) is 54.6 Å². The van der Waals surface area contributed by atoms with Crippen LogP contribution in [0, 0.1) is 5.92 Å². The first kappa shape index (κ1) is 17.5. The molecule has 1 unspecified atom stereocenters. The summed E-state index contributed by atoms with van der Waals surface area (Å²) in [5.41, 5.74) is 3.01. The van der Waals surface area contributed by atoms with Crippen LogP contribution in [-0.2, 0) is 4.79 Å². The Hall–Kier alpha value is -2.90. The molecule has 0 saturated heterocycles. The van der Waals surface area contributed by atoms with Crippen LogP contribution in [-0.4, -0.2) is 40.6 Å². The van der Waals surface area contributed by atoms with E-state index in [1.54, 1.807) is 6.92 Å². The molecular formula is C20H18N4O2S. The molecule has 0 spiro atoms. The molecule has 0 saturated carbocycles. The van der Waals surface area contributed by atoms with Crippen molar-refractivity contribution in [2.45, 2.75) is 6.92 Å².